The van der Waals surface area contributed by atoms with Gasteiger partial charge in [0.05, 0.1) is 14.2 Å². The maximum absolute atomic E-state index is 13.6. The Labute approximate surface area is 249 Å². The molecule has 1 atom stereocenters. The molecule has 10 nitrogen and oxygen atoms in total. The smallest absolute Gasteiger partial charge is 0.246 e. The number of carbonyl (C=O) groups is 2. The summed E-state index contributed by atoms with van der Waals surface area (Å²) >= 11 is 0. The van der Waals surface area contributed by atoms with Crippen LogP contribution in [0.15, 0.2) is 53.4 Å². The molecule has 0 aliphatic carbocycles. The Kier molecular flexibility index (Phi) is 10.9. The lowest BCUT2D eigenvalue weighted by molar-refractivity contribution is -0.161. The summed E-state index contributed by atoms with van der Waals surface area (Å²) in [7, 11) is -0.941. The Balaban J connectivity index is 1.29. The Bertz CT molecular complexity index is 1310. The molecule has 2 fully saturated rings. The minimum Gasteiger partial charge on any atom is -0.497 e. The first-order valence-electron chi connectivity index (χ1n) is 14.8. The van der Waals surface area contributed by atoms with Crippen molar-refractivity contribution < 1.29 is 27.5 Å². The molecule has 1 spiro atoms. The fraction of sp³-hybridized carbons (Fsp3) is 0.548. The van der Waals surface area contributed by atoms with Gasteiger partial charge in [0.15, 0.2) is 0 Å². The summed E-state index contributed by atoms with van der Waals surface area (Å²) < 4.78 is 38.8. The van der Waals surface area contributed by atoms with Crippen molar-refractivity contribution in [2.45, 2.75) is 68.3 Å². The summed E-state index contributed by atoms with van der Waals surface area (Å²) in [6.45, 7) is 5.25. The summed E-state index contributed by atoms with van der Waals surface area (Å²) in [6.07, 6.45) is 4.54. The molecule has 2 aromatic carbocycles. The van der Waals surface area contributed by atoms with Gasteiger partial charge in [-0.2, -0.15) is 0 Å². The lowest BCUT2D eigenvalue weighted by atomic mass is 9.81. The van der Waals surface area contributed by atoms with Crippen LogP contribution >= 0.6 is 0 Å². The number of sulfonamides is 1. The number of amides is 2. The van der Waals surface area contributed by atoms with E-state index in [1.165, 1.54) is 25.8 Å². The minimum atomic E-state index is -3.82. The quantitative estimate of drug-likeness (QED) is 0.320. The van der Waals surface area contributed by atoms with Crippen LogP contribution in [0.5, 0.6) is 11.5 Å². The number of carbonyl (C=O) groups excluding carboxylic acids is 2. The van der Waals surface area contributed by atoms with E-state index in [2.05, 4.69) is 39.2 Å². The van der Waals surface area contributed by atoms with Crippen LogP contribution in [0.25, 0.3) is 0 Å². The first kappa shape index (κ1) is 31.8. The van der Waals surface area contributed by atoms with Gasteiger partial charge in [0, 0.05) is 38.8 Å². The number of hydrogen-bond donors (Lipinski definition) is 2. The first-order valence-corrected chi connectivity index (χ1v) is 16.3. The summed E-state index contributed by atoms with van der Waals surface area (Å²) in [5.41, 5.74) is 0.504. The predicted octanol–water partition coefficient (Wildman–Crippen LogP) is 2.97. The molecular weight excluding hydrogens is 556 g/mol. The van der Waals surface area contributed by atoms with E-state index in [1.807, 2.05) is 17.9 Å². The van der Waals surface area contributed by atoms with E-state index in [0.29, 0.717) is 44.4 Å². The fourth-order valence-electron chi connectivity index (χ4n) is 5.95. The molecule has 2 heterocycles. The zero-order valence-electron chi connectivity index (χ0n) is 24.9. The molecule has 4 rings (SSSR count). The van der Waals surface area contributed by atoms with Gasteiger partial charge < -0.3 is 24.6 Å². The van der Waals surface area contributed by atoms with E-state index in [4.69, 9.17) is 9.47 Å². The topological polar surface area (TPSA) is 117 Å². The van der Waals surface area contributed by atoms with Gasteiger partial charge in [-0.1, -0.05) is 37.3 Å². The lowest BCUT2D eigenvalue weighted by Crippen LogP contribution is -2.72. The highest BCUT2D eigenvalue weighted by molar-refractivity contribution is 7.89. The molecule has 2 aliphatic rings. The second kappa shape index (κ2) is 14.3. The molecule has 0 saturated carbocycles. The number of hydrogen-bond acceptors (Lipinski definition) is 7. The van der Waals surface area contributed by atoms with Crippen molar-refractivity contribution in [1.29, 1.82) is 0 Å². The lowest BCUT2D eigenvalue weighted by Gasteiger charge is -2.51. The Morgan fingerprint density at radius 3 is 2.40 bits per heavy atom. The number of methoxy groups -OCH3 is 2. The molecule has 2 N–H and O–H groups in total. The first-order chi connectivity index (χ1) is 20.2. The number of piperazine rings is 1. The largest absolute Gasteiger partial charge is 0.497 e. The van der Waals surface area contributed by atoms with Crippen LogP contribution in [0, 0.1) is 0 Å². The average Bonchev–Trinajstić information content (AvgIpc) is 3.01. The van der Waals surface area contributed by atoms with Crippen LogP contribution in [0.1, 0.15) is 51.0 Å². The molecule has 2 amide bonds. The predicted molar refractivity (Wildman–Crippen MR) is 161 cm³/mol. The van der Waals surface area contributed by atoms with Gasteiger partial charge in [0.2, 0.25) is 21.8 Å². The van der Waals surface area contributed by atoms with Crippen molar-refractivity contribution in [1.82, 2.24) is 19.8 Å². The van der Waals surface area contributed by atoms with Crippen LogP contribution in [-0.4, -0.2) is 88.6 Å². The van der Waals surface area contributed by atoms with Crippen molar-refractivity contribution >= 4 is 21.8 Å². The van der Waals surface area contributed by atoms with Crippen LogP contribution in [0.3, 0.4) is 0 Å². The van der Waals surface area contributed by atoms with Gasteiger partial charge in [-0.15, -0.1) is 0 Å². The highest BCUT2D eigenvalue weighted by Crippen LogP contribution is 2.34. The second-order valence-corrected chi connectivity index (χ2v) is 12.8. The number of rotatable bonds is 14. The van der Waals surface area contributed by atoms with Crippen molar-refractivity contribution in [3.8, 4) is 11.5 Å². The van der Waals surface area contributed by atoms with Crippen molar-refractivity contribution in [2.75, 3.05) is 46.9 Å². The number of ether oxygens (including phenoxy) is 2. The summed E-state index contributed by atoms with van der Waals surface area (Å²) in [5.74, 6) is 0.547. The second-order valence-electron chi connectivity index (χ2n) is 11.0. The molecule has 0 unspecified atom stereocenters. The maximum atomic E-state index is 13.6. The van der Waals surface area contributed by atoms with Crippen LogP contribution < -0.4 is 19.5 Å². The van der Waals surface area contributed by atoms with E-state index in [0.717, 1.165) is 32.5 Å². The molecule has 0 bridgehead atoms. The van der Waals surface area contributed by atoms with Crippen molar-refractivity contribution in [2.24, 2.45) is 0 Å². The van der Waals surface area contributed by atoms with Crippen LogP contribution in [-0.2, 0) is 26.0 Å². The van der Waals surface area contributed by atoms with Crippen molar-refractivity contribution in [3.05, 3.63) is 54.1 Å². The third-order valence-corrected chi connectivity index (χ3v) is 9.85. The number of piperidine rings is 1. The molecule has 11 heteroatoms. The number of nitrogens with zero attached hydrogens (tertiary/aromatic N) is 2. The van der Waals surface area contributed by atoms with Crippen LogP contribution in [0.2, 0.25) is 0 Å². The molecule has 2 aliphatic heterocycles. The summed E-state index contributed by atoms with van der Waals surface area (Å²) in [4.78, 5) is 31.4. The standard InChI is InChI=1S/C31H44N4O6S/c1-4-19-35-29(36)26(12-8-9-18-32-42(38,39)28-23-25(40-2)13-14-27(28)41-3)33-30(37)31(35)16-21-34(22-17-31)20-15-24-10-6-5-7-11-24/h5-7,10-11,13-14,23,26,32H,4,8-9,12,15-22H2,1-3H3,(H,33,37)/t26-/m0/s1. The van der Waals surface area contributed by atoms with Crippen molar-refractivity contribution in [3.63, 3.8) is 0 Å². The van der Waals surface area contributed by atoms with E-state index in [-0.39, 0.29) is 29.0 Å². The zero-order valence-corrected chi connectivity index (χ0v) is 25.8. The van der Waals surface area contributed by atoms with Crippen LogP contribution in [0.4, 0.5) is 0 Å². The molecule has 2 saturated heterocycles. The molecular formula is C31H44N4O6S. The Morgan fingerprint density at radius 1 is 1.00 bits per heavy atom. The molecule has 0 aromatic heterocycles. The average molecular weight is 601 g/mol. The third kappa shape index (κ3) is 7.25. The Hall–Kier alpha value is -3.15. The third-order valence-electron chi connectivity index (χ3n) is 8.37. The Morgan fingerprint density at radius 2 is 1.74 bits per heavy atom. The van der Waals surface area contributed by atoms with E-state index < -0.39 is 21.6 Å². The number of unbranched alkanes of at least 4 members (excludes halogenated alkanes) is 1. The van der Waals surface area contributed by atoms with Gasteiger partial charge in [-0.25, -0.2) is 13.1 Å². The monoisotopic (exact) mass is 600 g/mol. The number of nitrogens with one attached hydrogen (secondary N) is 2. The molecule has 230 valence electrons. The molecule has 42 heavy (non-hydrogen) atoms. The van der Waals surface area contributed by atoms with Gasteiger partial charge in [-0.3, -0.25) is 9.59 Å². The zero-order chi connectivity index (χ0) is 30.2. The van der Waals surface area contributed by atoms with Gasteiger partial charge in [0.1, 0.15) is 28.0 Å². The van der Waals surface area contributed by atoms with E-state index >= 15 is 0 Å². The fourth-order valence-corrected chi connectivity index (χ4v) is 7.20. The van der Waals surface area contributed by atoms with E-state index in [9.17, 15) is 18.0 Å². The highest BCUT2D eigenvalue weighted by Gasteiger charge is 2.53. The molecule has 0 radical (unpaired) electrons. The van der Waals surface area contributed by atoms with Gasteiger partial charge in [0.25, 0.3) is 0 Å². The summed E-state index contributed by atoms with van der Waals surface area (Å²) in [6, 6.07) is 14.4. The molecule has 2 aromatic rings. The van der Waals surface area contributed by atoms with Gasteiger partial charge >= 0.3 is 0 Å². The summed E-state index contributed by atoms with van der Waals surface area (Å²) in [5, 5.41) is 3.03. The van der Waals surface area contributed by atoms with E-state index in [1.54, 1.807) is 12.1 Å². The minimum absolute atomic E-state index is 0.00527. The highest BCUT2D eigenvalue weighted by atomic mass is 32.2. The number of benzene rings is 2. The van der Waals surface area contributed by atoms with Gasteiger partial charge in [-0.05, 0) is 62.6 Å². The maximum Gasteiger partial charge on any atom is 0.246 e. The normalized spacial score (nSPS) is 19.1. The number of likely N-dealkylation sites (tertiary alicyclic amines) is 1. The SMILES string of the molecule is CCCN1C(=O)[C@H](CCCCNS(=O)(=O)c2cc(OC)ccc2OC)NC(=O)C12CCN(CCc1ccccc1)CC2.